The second-order valence-corrected chi connectivity index (χ2v) is 17.3. The molecule has 1 atom stereocenters. The maximum absolute atomic E-state index is 12.5. The van der Waals surface area contributed by atoms with Crippen molar-refractivity contribution in [3.8, 4) is 16.9 Å². The molecule has 0 spiro atoms. The van der Waals surface area contributed by atoms with Crippen molar-refractivity contribution in [2.24, 2.45) is 5.92 Å². The molecule has 2 aliphatic carbocycles. The third-order valence-corrected chi connectivity index (χ3v) is 12.6. The van der Waals surface area contributed by atoms with Crippen LogP contribution in [0.25, 0.3) is 56.0 Å². The number of aryl methyl sites for hydroxylation is 1. The molecule has 2 aromatic heterocycles. The molecule has 0 radical (unpaired) electrons. The zero-order valence-electron chi connectivity index (χ0n) is 34.8. The Bertz CT molecular complexity index is 3220. The molecule has 0 fully saturated rings. The van der Waals surface area contributed by atoms with Gasteiger partial charge in [0.2, 0.25) is 0 Å². The van der Waals surface area contributed by atoms with E-state index in [1.165, 1.54) is 0 Å². The van der Waals surface area contributed by atoms with Crippen molar-refractivity contribution in [1.29, 1.82) is 0 Å². The number of hydrogen-bond donors (Lipinski definition) is 1. The lowest BCUT2D eigenvalue weighted by molar-refractivity contribution is 0.400. The van der Waals surface area contributed by atoms with E-state index < -0.39 is 0 Å². The summed E-state index contributed by atoms with van der Waals surface area (Å²) in [5.41, 5.74) is 12.0. The third-order valence-electron chi connectivity index (χ3n) is 12.6. The topological polar surface area (TPSA) is 53.0 Å². The number of para-hydroxylation sites is 4. The summed E-state index contributed by atoms with van der Waals surface area (Å²) in [4.78, 5) is 4.58. The molecule has 0 saturated heterocycles. The van der Waals surface area contributed by atoms with Gasteiger partial charge in [0.05, 0.1) is 28.1 Å². The second kappa shape index (κ2) is 14.2. The highest BCUT2D eigenvalue weighted by atomic mass is 16.3. The highest BCUT2D eigenvalue weighted by molar-refractivity contribution is 6.24. The Morgan fingerprint density at radius 2 is 1.28 bits per heavy atom. The molecular weight excluding hydrogens is 749 g/mol. The summed E-state index contributed by atoms with van der Waals surface area (Å²) in [5.74, 6) is 2.36. The summed E-state index contributed by atoms with van der Waals surface area (Å²) in [6.45, 7) is 8.88. The van der Waals surface area contributed by atoms with Crippen molar-refractivity contribution in [2.75, 3.05) is 9.80 Å². The standard InChI is InChI=1S/C56H46N2O3/c1-35-17-13-18-37(33-35)40-25-14-28-46(52(40)59)57(38-19-7-5-8-20-38)51-42-24-12-11-23-41(42)50(49-45-34-36(2)30-31-48(45)60-54(49)51)58(39-21-9-6-10-22-39)47-29-15-26-43-44-27-16-32-56(3,4)55(44)61-53(43)47/h5-31,33,36,59H,32,34H2,1-4H3. The van der Waals surface area contributed by atoms with Crippen molar-refractivity contribution in [3.63, 3.8) is 0 Å². The number of allylic oxidation sites excluding steroid dienone is 2. The van der Waals surface area contributed by atoms with Crippen LogP contribution in [0.1, 0.15) is 55.4 Å². The summed E-state index contributed by atoms with van der Waals surface area (Å²) in [6, 6.07) is 50.5. The first-order valence-corrected chi connectivity index (χ1v) is 21.3. The molecule has 0 bridgehead atoms. The fourth-order valence-corrected chi connectivity index (χ4v) is 9.71. The number of fused-ring (bicyclic) bond motifs is 7. The lowest BCUT2D eigenvalue weighted by atomic mass is 9.80. The molecule has 298 valence electrons. The Balaban J connectivity index is 1.27. The number of aromatic hydroxyl groups is 1. The van der Waals surface area contributed by atoms with Crippen LogP contribution in [0.4, 0.5) is 34.1 Å². The van der Waals surface area contributed by atoms with Crippen molar-refractivity contribution < 1.29 is 13.9 Å². The first-order chi connectivity index (χ1) is 29.8. The van der Waals surface area contributed by atoms with Crippen LogP contribution in [-0.4, -0.2) is 5.11 Å². The van der Waals surface area contributed by atoms with Crippen molar-refractivity contribution in [3.05, 3.63) is 186 Å². The Kier molecular flexibility index (Phi) is 8.57. The number of phenols is 1. The number of hydrogen-bond acceptors (Lipinski definition) is 5. The maximum atomic E-state index is 12.5. The van der Waals surface area contributed by atoms with Gasteiger partial charge in [-0.1, -0.05) is 154 Å². The average Bonchev–Trinajstić information content (AvgIpc) is 3.85. The lowest BCUT2D eigenvalue weighted by Crippen LogP contribution is -2.18. The second-order valence-electron chi connectivity index (χ2n) is 17.3. The number of rotatable bonds is 7. The summed E-state index contributed by atoms with van der Waals surface area (Å²) < 4.78 is 14.3. The fraction of sp³-hybridized carbons (Fsp3) is 0.143. The van der Waals surface area contributed by atoms with Crippen LogP contribution in [0.3, 0.4) is 0 Å². The molecule has 2 heterocycles. The van der Waals surface area contributed by atoms with Crippen LogP contribution >= 0.6 is 0 Å². The quantitative estimate of drug-likeness (QED) is 0.163. The third kappa shape index (κ3) is 5.90. The summed E-state index contributed by atoms with van der Waals surface area (Å²) in [5, 5.41) is 16.7. The van der Waals surface area contributed by atoms with Gasteiger partial charge in [0, 0.05) is 49.6 Å². The first kappa shape index (κ1) is 36.8. The van der Waals surface area contributed by atoms with Gasteiger partial charge in [0.15, 0.2) is 11.2 Å². The summed E-state index contributed by atoms with van der Waals surface area (Å²) >= 11 is 0. The molecule has 9 aromatic rings. The summed E-state index contributed by atoms with van der Waals surface area (Å²) in [6.07, 6.45) is 10.6. The van der Waals surface area contributed by atoms with Crippen molar-refractivity contribution in [1.82, 2.24) is 0 Å². The Morgan fingerprint density at radius 1 is 0.639 bits per heavy atom. The Morgan fingerprint density at radius 3 is 2.02 bits per heavy atom. The smallest absolute Gasteiger partial charge is 0.161 e. The average molecular weight is 795 g/mol. The maximum Gasteiger partial charge on any atom is 0.161 e. The van der Waals surface area contributed by atoms with Gasteiger partial charge in [-0.05, 0) is 73.7 Å². The van der Waals surface area contributed by atoms with Gasteiger partial charge in [-0.25, -0.2) is 0 Å². The normalized spacial score (nSPS) is 15.3. The molecule has 0 aliphatic heterocycles. The monoisotopic (exact) mass is 794 g/mol. The van der Waals surface area contributed by atoms with Crippen LogP contribution in [-0.2, 0) is 11.8 Å². The Hall–Kier alpha value is -7.24. The van der Waals surface area contributed by atoms with E-state index in [0.717, 1.165) is 113 Å². The lowest BCUT2D eigenvalue weighted by Gasteiger charge is -2.32. The molecule has 11 rings (SSSR count). The fourth-order valence-electron chi connectivity index (χ4n) is 9.71. The molecule has 61 heavy (non-hydrogen) atoms. The van der Waals surface area contributed by atoms with Crippen molar-refractivity contribution >= 4 is 79.0 Å². The van der Waals surface area contributed by atoms with Gasteiger partial charge in [-0.2, -0.15) is 0 Å². The molecular formula is C56H46N2O3. The van der Waals surface area contributed by atoms with Crippen LogP contribution in [0, 0.1) is 12.8 Å². The largest absolute Gasteiger partial charge is 0.505 e. The van der Waals surface area contributed by atoms with E-state index in [1.807, 2.05) is 42.5 Å². The highest BCUT2D eigenvalue weighted by Crippen LogP contribution is 2.56. The summed E-state index contributed by atoms with van der Waals surface area (Å²) in [7, 11) is 0. The van der Waals surface area contributed by atoms with E-state index in [-0.39, 0.29) is 11.2 Å². The molecule has 5 nitrogen and oxygen atoms in total. The zero-order chi connectivity index (χ0) is 41.4. The van der Waals surface area contributed by atoms with E-state index in [4.69, 9.17) is 8.83 Å². The molecule has 1 N–H and O–H groups in total. The molecule has 1 unspecified atom stereocenters. The minimum atomic E-state index is -0.144. The minimum Gasteiger partial charge on any atom is -0.505 e. The van der Waals surface area contributed by atoms with Crippen LogP contribution < -0.4 is 9.80 Å². The molecule has 5 heteroatoms. The minimum absolute atomic E-state index is 0.144. The number of anilines is 6. The van der Waals surface area contributed by atoms with Crippen molar-refractivity contribution in [2.45, 2.75) is 46.0 Å². The van der Waals surface area contributed by atoms with Gasteiger partial charge < -0.3 is 23.7 Å². The number of phenolic OH excluding ortho intramolecular Hbond substituents is 1. The Labute approximate surface area is 356 Å². The van der Waals surface area contributed by atoms with E-state index in [1.54, 1.807) is 0 Å². The zero-order valence-corrected chi connectivity index (χ0v) is 34.8. The predicted octanol–water partition coefficient (Wildman–Crippen LogP) is 15.9. The van der Waals surface area contributed by atoms with E-state index in [9.17, 15) is 5.11 Å². The molecule has 2 aliphatic rings. The number of furan rings is 2. The van der Waals surface area contributed by atoms with E-state index >= 15 is 0 Å². The van der Waals surface area contributed by atoms with Gasteiger partial charge >= 0.3 is 0 Å². The van der Waals surface area contributed by atoms with Crippen LogP contribution in [0.2, 0.25) is 0 Å². The highest BCUT2D eigenvalue weighted by Gasteiger charge is 2.35. The first-order valence-electron chi connectivity index (χ1n) is 21.3. The molecule has 0 saturated carbocycles. The number of benzene rings is 7. The van der Waals surface area contributed by atoms with E-state index in [0.29, 0.717) is 11.6 Å². The van der Waals surface area contributed by atoms with Gasteiger partial charge in [0.25, 0.3) is 0 Å². The predicted molar refractivity (Wildman–Crippen MR) is 253 cm³/mol. The van der Waals surface area contributed by atoms with Gasteiger partial charge in [0.1, 0.15) is 17.3 Å². The van der Waals surface area contributed by atoms with Gasteiger partial charge in [-0.3, -0.25) is 0 Å². The molecule has 7 aromatic carbocycles. The molecule has 0 amide bonds. The van der Waals surface area contributed by atoms with Crippen LogP contribution in [0.15, 0.2) is 167 Å². The van der Waals surface area contributed by atoms with Crippen LogP contribution in [0.5, 0.6) is 5.75 Å². The number of nitrogens with zero attached hydrogens (tertiary/aromatic N) is 2. The SMILES string of the molecule is Cc1cccc(-c2cccc(N(c3ccccc3)c3c4ccccc4c(N(c4ccccc4)c4cccc5c6c(oc45)C(C)(C)CC=C6)c4c5c(oc34)C=CC(C)C5)c2O)c1. The van der Waals surface area contributed by atoms with Gasteiger partial charge in [-0.15, -0.1) is 0 Å². The van der Waals surface area contributed by atoms with E-state index in [2.05, 4.69) is 165 Å².